The third-order valence-corrected chi connectivity index (χ3v) is 5.23. The number of nitrogens with zero attached hydrogens (tertiary/aromatic N) is 4. The van der Waals surface area contributed by atoms with Crippen molar-refractivity contribution in [1.82, 2.24) is 19.9 Å². The van der Waals surface area contributed by atoms with Gasteiger partial charge in [0.1, 0.15) is 11.6 Å². The van der Waals surface area contributed by atoms with Crippen molar-refractivity contribution in [3.8, 4) is 0 Å². The smallest absolute Gasteiger partial charge is 0.383 e. The van der Waals surface area contributed by atoms with Gasteiger partial charge in [-0.05, 0) is 61.0 Å². The molecule has 1 amide bonds. The van der Waals surface area contributed by atoms with Gasteiger partial charge in [-0.25, -0.2) is 9.37 Å². The molecule has 4 rings (SSSR count). The summed E-state index contributed by atoms with van der Waals surface area (Å²) < 4.78 is 51.9. The first-order valence-corrected chi connectivity index (χ1v) is 10.2. The van der Waals surface area contributed by atoms with E-state index in [-0.39, 0.29) is 18.8 Å². The van der Waals surface area contributed by atoms with Crippen molar-refractivity contribution in [2.45, 2.75) is 26.2 Å². The average molecular weight is 469 g/mol. The molecule has 0 saturated carbocycles. The maximum absolute atomic E-state index is 13.4. The largest absolute Gasteiger partial charge is 0.417 e. The van der Waals surface area contributed by atoms with Crippen LogP contribution in [0.4, 0.5) is 23.4 Å². The van der Waals surface area contributed by atoms with Crippen LogP contribution >= 0.6 is 0 Å². The summed E-state index contributed by atoms with van der Waals surface area (Å²) in [6, 6.07) is 11.5. The van der Waals surface area contributed by atoms with Crippen LogP contribution < -0.4 is 5.73 Å². The Morgan fingerprint density at radius 1 is 0.971 bits per heavy atom. The Morgan fingerprint density at radius 3 is 2.24 bits per heavy atom. The Balaban J connectivity index is 1.66. The summed E-state index contributed by atoms with van der Waals surface area (Å²) in [7, 11) is 0. The fourth-order valence-electron chi connectivity index (χ4n) is 3.39. The van der Waals surface area contributed by atoms with Gasteiger partial charge in [-0.2, -0.15) is 13.2 Å². The third kappa shape index (κ3) is 5.11. The average Bonchev–Trinajstić information content (AvgIpc) is 2.80. The molecule has 10 heteroatoms. The molecular weight excluding hydrogens is 450 g/mol. The highest BCUT2D eigenvalue weighted by molar-refractivity contribution is 5.98. The molecule has 4 aromatic rings. The zero-order valence-electron chi connectivity index (χ0n) is 18.0. The van der Waals surface area contributed by atoms with Crippen LogP contribution in [-0.2, 0) is 19.3 Å². The Bertz CT molecular complexity index is 1340. The number of nitrogens with two attached hydrogens (primary N) is 1. The van der Waals surface area contributed by atoms with Gasteiger partial charge in [-0.3, -0.25) is 14.8 Å². The SMILES string of the molecule is Cc1cc2cc(C(=O)N(Cc3ccc(F)cn3)Cc3ccc(C(F)(F)F)cn3)ccc2nc1N. The minimum absolute atomic E-state index is 0.00112. The van der Waals surface area contributed by atoms with E-state index < -0.39 is 23.5 Å². The summed E-state index contributed by atoms with van der Waals surface area (Å²) in [6.45, 7) is 1.73. The Morgan fingerprint density at radius 2 is 1.65 bits per heavy atom. The number of amides is 1. The molecule has 0 saturated heterocycles. The minimum atomic E-state index is -4.51. The number of anilines is 1. The number of carbonyl (C=O) groups is 1. The fourth-order valence-corrected chi connectivity index (χ4v) is 3.39. The molecule has 0 unspecified atom stereocenters. The van der Waals surface area contributed by atoms with E-state index in [1.807, 2.05) is 6.07 Å². The number of nitrogen functional groups attached to an aromatic ring is 1. The van der Waals surface area contributed by atoms with Crippen molar-refractivity contribution < 1.29 is 22.4 Å². The van der Waals surface area contributed by atoms with Crippen LogP contribution in [0.15, 0.2) is 60.9 Å². The molecule has 0 bridgehead atoms. The zero-order chi connectivity index (χ0) is 24.5. The van der Waals surface area contributed by atoms with Gasteiger partial charge >= 0.3 is 6.18 Å². The lowest BCUT2D eigenvalue weighted by Crippen LogP contribution is -2.31. The second-order valence-electron chi connectivity index (χ2n) is 7.76. The number of pyridine rings is 3. The summed E-state index contributed by atoms with van der Waals surface area (Å²) in [5.74, 6) is -0.532. The van der Waals surface area contributed by atoms with Crippen LogP contribution in [0.2, 0.25) is 0 Å². The number of hydrogen-bond donors (Lipinski definition) is 1. The molecule has 2 N–H and O–H groups in total. The van der Waals surface area contributed by atoms with Crippen molar-refractivity contribution in [2.75, 3.05) is 5.73 Å². The first-order chi connectivity index (χ1) is 16.1. The van der Waals surface area contributed by atoms with E-state index >= 15 is 0 Å². The molecule has 0 aliphatic carbocycles. The molecular formula is C24H19F4N5O. The molecule has 0 aliphatic rings. The van der Waals surface area contributed by atoms with Gasteiger partial charge in [0.2, 0.25) is 0 Å². The second kappa shape index (κ2) is 9.05. The molecule has 3 heterocycles. The molecule has 0 fully saturated rings. The quantitative estimate of drug-likeness (QED) is 0.420. The van der Waals surface area contributed by atoms with Gasteiger partial charge in [0.05, 0.1) is 41.8 Å². The third-order valence-electron chi connectivity index (χ3n) is 5.23. The molecule has 1 aromatic carbocycles. The predicted molar refractivity (Wildman–Crippen MR) is 118 cm³/mol. The molecule has 0 radical (unpaired) electrons. The second-order valence-corrected chi connectivity index (χ2v) is 7.76. The molecule has 34 heavy (non-hydrogen) atoms. The summed E-state index contributed by atoms with van der Waals surface area (Å²) in [6.07, 6.45) is -2.76. The van der Waals surface area contributed by atoms with E-state index in [4.69, 9.17) is 5.73 Å². The van der Waals surface area contributed by atoms with E-state index in [0.717, 1.165) is 24.0 Å². The van der Waals surface area contributed by atoms with Crippen LogP contribution in [0.1, 0.15) is 32.9 Å². The van der Waals surface area contributed by atoms with Crippen LogP contribution in [0, 0.1) is 12.7 Å². The highest BCUT2D eigenvalue weighted by atomic mass is 19.4. The van der Waals surface area contributed by atoms with Crippen molar-refractivity contribution in [2.24, 2.45) is 0 Å². The molecule has 0 aliphatic heterocycles. The van der Waals surface area contributed by atoms with Gasteiger partial charge in [0.15, 0.2) is 0 Å². The summed E-state index contributed by atoms with van der Waals surface area (Å²) in [5.41, 5.74) is 7.36. The lowest BCUT2D eigenvalue weighted by molar-refractivity contribution is -0.137. The molecule has 0 atom stereocenters. The molecule has 0 spiro atoms. The van der Waals surface area contributed by atoms with Crippen molar-refractivity contribution in [3.63, 3.8) is 0 Å². The van der Waals surface area contributed by atoms with Crippen LogP contribution in [0.5, 0.6) is 0 Å². The van der Waals surface area contributed by atoms with Crippen LogP contribution in [0.25, 0.3) is 10.9 Å². The monoisotopic (exact) mass is 469 g/mol. The predicted octanol–water partition coefficient (Wildman–Crippen LogP) is 4.92. The van der Waals surface area contributed by atoms with Gasteiger partial charge in [0.25, 0.3) is 5.91 Å². The number of carbonyl (C=O) groups excluding carboxylic acids is 1. The van der Waals surface area contributed by atoms with E-state index in [2.05, 4.69) is 15.0 Å². The lowest BCUT2D eigenvalue weighted by atomic mass is 10.1. The van der Waals surface area contributed by atoms with Crippen molar-refractivity contribution in [3.05, 3.63) is 94.8 Å². The standard InChI is InChI=1S/C24H19F4N5O/c1-14-8-16-9-15(2-7-21(16)32-22(14)29)23(34)33(13-20-6-4-18(25)11-31-20)12-19-5-3-17(10-30-19)24(26,27)28/h2-11H,12-13H2,1H3,(H2,29,32). The summed E-state index contributed by atoms with van der Waals surface area (Å²) >= 11 is 0. The van der Waals surface area contributed by atoms with Gasteiger partial charge in [-0.1, -0.05) is 0 Å². The number of rotatable bonds is 5. The van der Waals surface area contributed by atoms with Crippen LogP contribution in [-0.4, -0.2) is 25.8 Å². The number of aromatic nitrogens is 3. The van der Waals surface area contributed by atoms with Crippen LogP contribution in [0.3, 0.4) is 0 Å². The first kappa shape index (κ1) is 23.1. The van der Waals surface area contributed by atoms with Crippen molar-refractivity contribution >= 4 is 22.6 Å². The normalized spacial score (nSPS) is 11.6. The Kier molecular flexibility index (Phi) is 6.14. The van der Waals surface area contributed by atoms with E-state index in [9.17, 15) is 22.4 Å². The number of hydrogen-bond acceptors (Lipinski definition) is 5. The topological polar surface area (TPSA) is 85.0 Å². The fraction of sp³-hybridized carbons (Fsp3) is 0.167. The first-order valence-electron chi connectivity index (χ1n) is 10.2. The Hall–Kier alpha value is -4.08. The summed E-state index contributed by atoms with van der Waals surface area (Å²) in [4.78, 5) is 27.0. The number of alkyl halides is 3. The molecule has 174 valence electrons. The number of benzene rings is 1. The van der Waals surface area contributed by atoms with E-state index in [0.29, 0.717) is 28.0 Å². The maximum atomic E-state index is 13.4. The molecule has 3 aromatic heterocycles. The highest BCUT2D eigenvalue weighted by Crippen LogP contribution is 2.28. The Labute approximate surface area is 192 Å². The zero-order valence-corrected chi connectivity index (χ0v) is 18.0. The summed E-state index contributed by atoms with van der Waals surface area (Å²) in [5, 5.41) is 0.713. The van der Waals surface area contributed by atoms with E-state index in [1.54, 1.807) is 25.1 Å². The number of aryl methyl sites for hydroxylation is 1. The number of fused-ring (bicyclic) bond motifs is 1. The van der Waals surface area contributed by atoms with Gasteiger partial charge in [-0.15, -0.1) is 0 Å². The minimum Gasteiger partial charge on any atom is -0.383 e. The lowest BCUT2D eigenvalue weighted by Gasteiger charge is -2.23. The van der Waals surface area contributed by atoms with E-state index in [1.165, 1.54) is 23.1 Å². The van der Waals surface area contributed by atoms with Gasteiger partial charge < -0.3 is 10.6 Å². The van der Waals surface area contributed by atoms with Crippen molar-refractivity contribution in [1.29, 1.82) is 0 Å². The molecule has 6 nitrogen and oxygen atoms in total. The van der Waals surface area contributed by atoms with Gasteiger partial charge in [0, 0.05) is 17.1 Å². The maximum Gasteiger partial charge on any atom is 0.417 e. The highest BCUT2D eigenvalue weighted by Gasteiger charge is 2.30. The number of halogens is 4.